The standard InChI is InChI=1S/2C13H17NO5.2Na.5H2O/c2*1-6(15)10-8-5-7(9-3-2-4-19-9)11(13(17)18)14(8)12(10)16;;;;;;;/h2*6,8-10,15H,2-5H2,1H3,(H,17,18);;;5*1H2/q;;2*+1;;;;;/p-2/t2*6-,8-,9-,10+;;;;;;;/m11......./s1. The Morgan fingerprint density at radius 3 is 1.24 bits per heavy atom. The molecule has 6 rings (SSSR count). The Balaban J connectivity index is -0.000000678. The van der Waals surface area contributed by atoms with Crippen LogP contribution in [-0.4, -0.2) is 121 Å². The van der Waals surface area contributed by atoms with Crippen LogP contribution in [0, 0.1) is 11.8 Å². The second-order valence-electron chi connectivity index (χ2n) is 10.8. The van der Waals surface area contributed by atoms with Crippen LogP contribution in [0.25, 0.3) is 0 Å². The molecular weight excluding hydrogens is 626 g/mol. The minimum absolute atomic E-state index is 0. The van der Waals surface area contributed by atoms with E-state index in [4.69, 9.17) is 9.47 Å². The van der Waals surface area contributed by atoms with Crippen molar-refractivity contribution in [1.29, 1.82) is 0 Å². The van der Waals surface area contributed by atoms with Crippen molar-refractivity contribution in [2.24, 2.45) is 11.8 Å². The number of hydrogen-bond donors (Lipinski definition) is 2. The molecule has 0 radical (unpaired) electrons. The van der Waals surface area contributed by atoms with Crippen LogP contribution in [0.3, 0.4) is 0 Å². The maximum atomic E-state index is 12.0. The number of carboxylic acids is 2. The number of carbonyl (C=O) groups excluding carboxylic acids is 4. The Kier molecular flexibility index (Phi) is 20.6. The fourth-order valence-electron chi connectivity index (χ4n) is 6.86. The number of carboxylic acid groups (broad SMARTS) is 2. The van der Waals surface area contributed by atoms with Crippen LogP contribution in [0.15, 0.2) is 22.5 Å². The molecule has 0 aliphatic carbocycles. The zero-order chi connectivity index (χ0) is 27.5. The molecule has 12 N–H and O–H groups in total. The second-order valence-corrected chi connectivity index (χ2v) is 10.8. The summed E-state index contributed by atoms with van der Waals surface area (Å²) >= 11 is 0. The van der Waals surface area contributed by atoms with Crippen LogP contribution in [0.1, 0.15) is 52.4 Å². The fraction of sp³-hybridized carbons (Fsp3) is 0.692. The maximum Gasteiger partial charge on any atom is 1.00 e. The normalized spacial score (nSPS) is 29.9. The summed E-state index contributed by atoms with van der Waals surface area (Å²) in [5.74, 6) is -4.32. The molecule has 6 aliphatic heterocycles. The molecule has 0 unspecified atom stereocenters. The van der Waals surface area contributed by atoms with Crippen molar-refractivity contribution in [3.63, 3.8) is 0 Å². The van der Waals surface area contributed by atoms with E-state index in [2.05, 4.69) is 0 Å². The number of hydrogen-bond acceptors (Lipinski definition) is 10. The summed E-state index contributed by atoms with van der Waals surface area (Å²) in [6.45, 7) is 4.35. The number of ether oxygens (including phenoxy) is 2. The first-order valence-electron chi connectivity index (χ1n) is 13.2. The molecule has 0 bridgehead atoms. The Hall–Kier alpha value is -1.00. The fourth-order valence-corrected chi connectivity index (χ4v) is 6.86. The van der Waals surface area contributed by atoms with Crippen LogP contribution in [-0.2, 0) is 28.7 Å². The molecule has 6 heterocycles. The van der Waals surface area contributed by atoms with Crippen molar-refractivity contribution in [2.75, 3.05) is 13.2 Å². The minimum Gasteiger partial charge on any atom is -0.543 e. The molecule has 248 valence electrons. The topological polar surface area (TPSA) is 337 Å². The van der Waals surface area contributed by atoms with Crippen molar-refractivity contribution < 1.29 is 136 Å². The van der Waals surface area contributed by atoms with Crippen LogP contribution in [0.4, 0.5) is 0 Å². The molecule has 8 atom stereocenters. The predicted molar refractivity (Wildman–Crippen MR) is 141 cm³/mol. The van der Waals surface area contributed by atoms with Gasteiger partial charge in [-0.3, -0.25) is 9.59 Å². The van der Waals surface area contributed by atoms with Crippen LogP contribution in [0.2, 0.25) is 0 Å². The zero-order valence-corrected chi connectivity index (χ0v) is 29.8. The van der Waals surface area contributed by atoms with Crippen molar-refractivity contribution in [3.8, 4) is 0 Å². The number of aliphatic hydroxyl groups is 2. The third kappa shape index (κ3) is 8.36. The average Bonchev–Trinajstić information content (AvgIpc) is 3.61. The van der Waals surface area contributed by atoms with Gasteiger partial charge in [-0.15, -0.1) is 0 Å². The molecule has 6 aliphatic rings. The molecule has 0 aromatic heterocycles. The third-order valence-corrected chi connectivity index (χ3v) is 8.55. The number of β-lactam (4-membered cyclic amide) rings is 2. The summed E-state index contributed by atoms with van der Waals surface area (Å²) in [7, 11) is 0. The molecule has 19 heteroatoms. The van der Waals surface area contributed by atoms with Crippen molar-refractivity contribution in [1.82, 2.24) is 9.80 Å². The van der Waals surface area contributed by atoms with Gasteiger partial charge in [0, 0.05) is 13.2 Å². The van der Waals surface area contributed by atoms with Gasteiger partial charge in [0.1, 0.15) is 0 Å². The average molecular weight is 669 g/mol. The molecule has 4 saturated heterocycles. The number of amides is 2. The first-order valence-corrected chi connectivity index (χ1v) is 13.2. The largest absolute Gasteiger partial charge is 1.00 e. The van der Waals surface area contributed by atoms with Crippen LogP contribution in [0.5, 0.6) is 0 Å². The van der Waals surface area contributed by atoms with Crippen molar-refractivity contribution in [2.45, 2.75) is 88.9 Å². The van der Waals surface area contributed by atoms with Crippen molar-refractivity contribution >= 4 is 23.8 Å². The first-order chi connectivity index (χ1) is 18.0. The second kappa shape index (κ2) is 19.1. The van der Waals surface area contributed by atoms with Gasteiger partial charge in [0.15, 0.2) is 0 Å². The Morgan fingerprint density at radius 2 is 1.02 bits per heavy atom. The summed E-state index contributed by atoms with van der Waals surface area (Å²) < 4.78 is 11.0. The van der Waals surface area contributed by atoms with Gasteiger partial charge in [-0.25, -0.2) is 0 Å². The Labute approximate surface area is 303 Å². The van der Waals surface area contributed by atoms with Crippen LogP contribution >= 0.6 is 0 Å². The molecule has 17 nitrogen and oxygen atoms in total. The van der Waals surface area contributed by atoms with Crippen LogP contribution < -0.4 is 69.3 Å². The van der Waals surface area contributed by atoms with Gasteiger partial charge in [-0.1, -0.05) is 0 Å². The molecule has 45 heavy (non-hydrogen) atoms. The number of aliphatic hydroxyl groups excluding tert-OH is 2. The van der Waals surface area contributed by atoms with E-state index in [1.54, 1.807) is 13.8 Å². The quantitative estimate of drug-likeness (QED) is 0.199. The Morgan fingerprint density at radius 1 is 0.711 bits per heavy atom. The smallest absolute Gasteiger partial charge is 0.543 e. The summed E-state index contributed by atoms with van der Waals surface area (Å²) in [6.07, 6.45) is 2.31. The summed E-state index contributed by atoms with van der Waals surface area (Å²) in [5, 5.41) is 41.8. The Bertz CT molecular complexity index is 1030. The summed E-state index contributed by atoms with van der Waals surface area (Å²) in [4.78, 5) is 49.1. The molecule has 0 spiro atoms. The number of rotatable bonds is 6. The van der Waals surface area contributed by atoms with E-state index in [1.807, 2.05) is 0 Å². The molecule has 4 fully saturated rings. The third-order valence-electron chi connectivity index (χ3n) is 8.55. The predicted octanol–water partition coefficient (Wildman–Crippen LogP) is -12.6. The van der Waals surface area contributed by atoms with Crippen molar-refractivity contribution in [3.05, 3.63) is 22.5 Å². The van der Waals surface area contributed by atoms with Gasteiger partial charge >= 0.3 is 59.1 Å². The van der Waals surface area contributed by atoms with E-state index < -0.39 is 36.0 Å². The van der Waals surface area contributed by atoms with Gasteiger partial charge in [0.2, 0.25) is 11.8 Å². The minimum atomic E-state index is -1.33. The number of fused-ring (bicyclic) bond motifs is 2. The molecule has 0 aromatic carbocycles. The molecule has 2 amide bonds. The first kappa shape index (κ1) is 48.4. The number of carbonyl (C=O) groups is 4. The van der Waals surface area contributed by atoms with E-state index in [1.165, 1.54) is 9.80 Å². The van der Waals surface area contributed by atoms with E-state index >= 15 is 0 Å². The molecule has 0 aromatic rings. The van der Waals surface area contributed by atoms with Gasteiger partial charge < -0.3 is 76.7 Å². The van der Waals surface area contributed by atoms with E-state index in [9.17, 15) is 39.6 Å². The molecular formula is C26H42N2Na2O15. The zero-order valence-electron chi connectivity index (χ0n) is 25.8. The SMILES string of the molecule is C[C@@H](O)[C@@H]1C(=O)N2C(C(=O)[O-])=C([C@H]3CCCO3)C[C@H]12.C[C@@H](O)[C@@H]1C(=O)N2C(C(=O)[O-])=C([C@H]3CCCO3)C[C@H]12.O.O.O.O.O.[Na+].[Na+]. The van der Waals surface area contributed by atoms with E-state index in [0.29, 0.717) is 37.2 Å². The van der Waals surface area contributed by atoms with Gasteiger partial charge in [-0.05, 0) is 63.5 Å². The van der Waals surface area contributed by atoms with Gasteiger partial charge in [0.05, 0.1) is 71.7 Å². The number of aliphatic carboxylic acids is 2. The van der Waals surface area contributed by atoms with E-state index in [-0.39, 0.29) is 134 Å². The number of nitrogens with zero attached hydrogens (tertiary/aromatic N) is 2. The maximum absolute atomic E-state index is 12.0. The van der Waals surface area contributed by atoms with Gasteiger partial charge in [-0.2, -0.15) is 0 Å². The van der Waals surface area contributed by atoms with Gasteiger partial charge in [0.25, 0.3) is 0 Å². The summed E-state index contributed by atoms with van der Waals surface area (Å²) in [5.41, 5.74) is 1.25. The monoisotopic (exact) mass is 668 g/mol. The molecule has 0 saturated carbocycles. The summed E-state index contributed by atoms with van der Waals surface area (Å²) in [6, 6.07) is -0.501. The van der Waals surface area contributed by atoms with E-state index in [0.717, 1.165) is 25.7 Å².